The van der Waals surface area contributed by atoms with Crippen molar-refractivity contribution in [2.45, 2.75) is 44.2 Å². The van der Waals surface area contributed by atoms with Crippen LogP contribution in [-0.2, 0) is 61.4 Å². The summed E-state index contributed by atoms with van der Waals surface area (Å²) in [5.41, 5.74) is 3.26. The molecule has 5 rings (SSSR count). The lowest BCUT2D eigenvalue weighted by Crippen LogP contribution is -2.24. The zero-order chi connectivity index (χ0) is 44.5. The highest BCUT2D eigenvalue weighted by molar-refractivity contribution is 7.90. The van der Waals surface area contributed by atoms with Crippen LogP contribution in [0.3, 0.4) is 0 Å². The number of nitrogens with one attached hydrogen (secondary N) is 3. The minimum absolute atomic E-state index is 0.117. The van der Waals surface area contributed by atoms with Crippen molar-refractivity contribution in [2.24, 2.45) is 7.05 Å². The number of sulfone groups is 1. The summed E-state index contributed by atoms with van der Waals surface area (Å²) in [5.74, 6) is 0.364. The van der Waals surface area contributed by atoms with Crippen molar-refractivity contribution < 1.29 is 51.2 Å². The Bertz CT molecular complexity index is 2410. The van der Waals surface area contributed by atoms with Gasteiger partial charge in [0.25, 0.3) is 5.56 Å². The SMILES string of the molecule is Cn1cc(-c2cc(S(C)(=O)=O)ccc2Oc2cccc(NCc3ccc(NC(=O)COCCOCCOCCOCCOCCC(=O)OC(C)(C)C)cc3)c2)c2cc[nH]c2c1=O. The number of fused-ring (bicyclic) bond motifs is 1. The topological polar surface area (TPSA) is 195 Å². The zero-order valence-corrected chi connectivity index (χ0v) is 36.6. The number of H-pyrrole nitrogens is 1. The van der Waals surface area contributed by atoms with E-state index in [9.17, 15) is 22.8 Å². The predicted molar refractivity (Wildman–Crippen MR) is 236 cm³/mol. The van der Waals surface area contributed by atoms with Crippen LogP contribution in [-0.4, -0.2) is 108 Å². The maximum atomic E-state index is 12.7. The monoisotopic (exact) mass is 876 g/mol. The predicted octanol–water partition coefficient (Wildman–Crippen LogP) is 6.09. The van der Waals surface area contributed by atoms with Crippen molar-refractivity contribution in [2.75, 3.05) is 83.0 Å². The maximum Gasteiger partial charge on any atom is 0.308 e. The number of hydrogen-bond acceptors (Lipinski definition) is 13. The second-order valence-electron chi connectivity index (χ2n) is 15.2. The number of carbonyl (C=O) groups excluding carboxylic acids is 2. The molecule has 1 amide bonds. The largest absolute Gasteiger partial charge is 0.460 e. The molecule has 0 fully saturated rings. The van der Waals surface area contributed by atoms with Crippen LogP contribution in [0.15, 0.2) is 94.9 Å². The van der Waals surface area contributed by atoms with E-state index in [0.717, 1.165) is 17.5 Å². The number of nitrogens with zero attached hydrogens (tertiary/aromatic N) is 1. The first-order chi connectivity index (χ1) is 29.7. The molecule has 0 aliphatic heterocycles. The molecule has 17 heteroatoms. The minimum atomic E-state index is -3.53. The van der Waals surface area contributed by atoms with Gasteiger partial charge in [0.15, 0.2) is 9.84 Å². The van der Waals surface area contributed by atoms with E-state index < -0.39 is 15.4 Å². The standard InChI is InChI=1S/C45H56N4O12S/c1-45(2,3)61-42(51)16-18-55-19-20-56-21-22-57-23-24-58-25-26-59-31-41(50)48-33-11-9-32(10-12-33)29-47-34-7-6-8-35(27-34)60-40-14-13-36(62(5,53)54)28-38(40)39-30-49(4)44(52)43-37(39)15-17-46-43/h6-15,17,27-28,30,46-47H,16,18-26,29,31H2,1-5H3,(H,48,50). The lowest BCUT2D eigenvalue weighted by atomic mass is 10.0. The first kappa shape index (κ1) is 47.5. The highest BCUT2D eigenvalue weighted by atomic mass is 32.2. The average molecular weight is 877 g/mol. The smallest absolute Gasteiger partial charge is 0.308 e. The highest BCUT2D eigenvalue weighted by Crippen LogP contribution is 2.38. The van der Waals surface area contributed by atoms with E-state index in [2.05, 4.69) is 15.6 Å². The van der Waals surface area contributed by atoms with Gasteiger partial charge in [-0.1, -0.05) is 18.2 Å². The lowest BCUT2D eigenvalue weighted by Gasteiger charge is -2.19. The van der Waals surface area contributed by atoms with Crippen LogP contribution < -0.4 is 20.9 Å². The van der Waals surface area contributed by atoms with Crippen molar-refractivity contribution in [3.8, 4) is 22.6 Å². The van der Waals surface area contributed by atoms with Gasteiger partial charge in [-0.2, -0.15) is 0 Å². The fraction of sp³-hybridized carbons (Fsp3) is 0.400. The molecule has 62 heavy (non-hydrogen) atoms. The number of hydrogen-bond donors (Lipinski definition) is 3. The minimum Gasteiger partial charge on any atom is -0.460 e. The Labute approximate surface area is 361 Å². The van der Waals surface area contributed by atoms with Gasteiger partial charge in [-0.25, -0.2) is 8.42 Å². The molecule has 0 bridgehead atoms. The number of aryl methyl sites for hydroxylation is 1. The molecule has 0 saturated carbocycles. The van der Waals surface area contributed by atoms with Crippen LogP contribution >= 0.6 is 0 Å². The average Bonchev–Trinajstić information content (AvgIpc) is 3.72. The number of carbonyl (C=O) groups is 2. The quantitative estimate of drug-likeness (QED) is 0.0451. The number of aromatic amines is 1. The van der Waals surface area contributed by atoms with E-state index in [4.69, 9.17) is 33.2 Å². The molecule has 0 saturated heterocycles. The molecule has 0 spiro atoms. The van der Waals surface area contributed by atoms with E-state index in [1.54, 1.807) is 43.7 Å². The number of anilines is 2. The zero-order valence-electron chi connectivity index (χ0n) is 35.8. The summed E-state index contributed by atoms with van der Waals surface area (Å²) in [7, 11) is -1.89. The van der Waals surface area contributed by atoms with Gasteiger partial charge in [0.05, 0.1) is 70.8 Å². The molecule has 0 aliphatic rings. The summed E-state index contributed by atoms with van der Waals surface area (Å²) in [6.07, 6.45) is 4.69. The second kappa shape index (κ2) is 23.0. The molecule has 0 radical (unpaired) electrons. The number of rotatable bonds is 25. The number of pyridine rings is 1. The third-order valence-electron chi connectivity index (χ3n) is 8.95. The third kappa shape index (κ3) is 15.4. The fourth-order valence-corrected chi connectivity index (χ4v) is 6.67. The molecule has 16 nitrogen and oxygen atoms in total. The maximum absolute atomic E-state index is 12.7. The Morgan fingerprint density at radius 2 is 1.40 bits per heavy atom. The third-order valence-corrected chi connectivity index (χ3v) is 10.1. The van der Waals surface area contributed by atoms with Gasteiger partial charge in [0.1, 0.15) is 29.2 Å². The van der Waals surface area contributed by atoms with Crippen molar-refractivity contribution in [1.82, 2.24) is 9.55 Å². The van der Waals surface area contributed by atoms with Crippen LogP contribution in [0.25, 0.3) is 22.0 Å². The summed E-state index contributed by atoms with van der Waals surface area (Å²) in [4.78, 5) is 39.9. The van der Waals surface area contributed by atoms with E-state index in [0.29, 0.717) is 92.0 Å². The van der Waals surface area contributed by atoms with Gasteiger partial charge in [0, 0.05) is 66.2 Å². The molecule has 3 aromatic carbocycles. The molecule has 3 N–H and O–H groups in total. The van der Waals surface area contributed by atoms with Crippen LogP contribution in [0, 0.1) is 0 Å². The van der Waals surface area contributed by atoms with Crippen LogP contribution in [0.5, 0.6) is 11.5 Å². The Balaban J connectivity index is 0.967. The molecular formula is C45H56N4O12S. The van der Waals surface area contributed by atoms with E-state index in [1.807, 2.05) is 63.2 Å². The summed E-state index contributed by atoms with van der Waals surface area (Å²) >= 11 is 0. The Kier molecular flexibility index (Phi) is 17.7. The summed E-state index contributed by atoms with van der Waals surface area (Å²) in [5, 5.41) is 6.86. The number of ether oxygens (including phenoxy) is 7. The Hall–Kier alpha value is -5.56. The van der Waals surface area contributed by atoms with Crippen molar-refractivity contribution in [1.29, 1.82) is 0 Å². The van der Waals surface area contributed by atoms with Crippen molar-refractivity contribution >= 4 is 44.0 Å². The van der Waals surface area contributed by atoms with Gasteiger partial charge in [-0.3, -0.25) is 14.4 Å². The van der Waals surface area contributed by atoms with Gasteiger partial charge < -0.3 is 53.3 Å². The number of esters is 1. The van der Waals surface area contributed by atoms with Crippen LogP contribution in [0.2, 0.25) is 0 Å². The van der Waals surface area contributed by atoms with Crippen LogP contribution in [0.4, 0.5) is 11.4 Å². The first-order valence-corrected chi connectivity index (χ1v) is 22.1. The second-order valence-corrected chi connectivity index (χ2v) is 17.2. The van der Waals surface area contributed by atoms with E-state index in [-0.39, 0.29) is 48.6 Å². The molecule has 0 aliphatic carbocycles. The Morgan fingerprint density at radius 3 is 2.05 bits per heavy atom. The Morgan fingerprint density at radius 1 is 0.758 bits per heavy atom. The molecule has 5 aromatic rings. The molecule has 2 heterocycles. The van der Waals surface area contributed by atoms with Crippen LogP contribution in [0.1, 0.15) is 32.8 Å². The van der Waals surface area contributed by atoms with Crippen molar-refractivity contribution in [3.05, 3.63) is 101 Å². The summed E-state index contributed by atoms with van der Waals surface area (Å²) < 4.78 is 65.3. The molecule has 334 valence electrons. The molecule has 2 aromatic heterocycles. The molecular weight excluding hydrogens is 821 g/mol. The van der Waals surface area contributed by atoms with Gasteiger partial charge in [-0.05, 0) is 74.9 Å². The van der Waals surface area contributed by atoms with Crippen molar-refractivity contribution in [3.63, 3.8) is 0 Å². The van der Waals surface area contributed by atoms with E-state index >= 15 is 0 Å². The van der Waals surface area contributed by atoms with Gasteiger partial charge in [0.2, 0.25) is 5.91 Å². The van der Waals surface area contributed by atoms with E-state index in [1.165, 1.54) is 10.6 Å². The first-order valence-electron chi connectivity index (χ1n) is 20.2. The number of aromatic nitrogens is 2. The lowest BCUT2D eigenvalue weighted by molar-refractivity contribution is -0.156. The number of amides is 1. The molecule has 0 atom stereocenters. The molecule has 0 unspecified atom stereocenters. The van der Waals surface area contributed by atoms with Gasteiger partial charge in [-0.15, -0.1) is 0 Å². The fourth-order valence-electron chi connectivity index (χ4n) is 6.02. The summed E-state index contributed by atoms with van der Waals surface area (Å²) in [6.45, 7) is 9.08. The van der Waals surface area contributed by atoms with Gasteiger partial charge >= 0.3 is 5.97 Å². The highest BCUT2D eigenvalue weighted by Gasteiger charge is 2.19. The normalized spacial score (nSPS) is 11.8. The number of benzene rings is 3. The summed E-state index contributed by atoms with van der Waals surface area (Å²) in [6, 6.07) is 21.3.